The zero-order valence-corrected chi connectivity index (χ0v) is 19.1. The van der Waals surface area contributed by atoms with Gasteiger partial charge in [0.15, 0.2) is 0 Å². The number of nitrogens with zero attached hydrogens (tertiary/aromatic N) is 4. The summed E-state index contributed by atoms with van der Waals surface area (Å²) in [6.45, 7) is 2.89. The highest BCUT2D eigenvalue weighted by molar-refractivity contribution is 5.99. The van der Waals surface area contributed by atoms with Crippen molar-refractivity contribution in [2.45, 2.75) is 0 Å². The van der Waals surface area contributed by atoms with Gasteiger partial charge in [0.1, 0.15) is 29.2 Å². The molecule has 1 aliphatic heterocycles. The lowest BCUT2D eigenvalue weighted by molar-refractivity contribution is 0.122. The van der Waals surface area contributed by atoms with Crippen molar-refractivity contribution in [3.8, 4) is 17.6 Å². The van der Waals surface area contributed by atoms with Crippen molar-refractivity contribution in [1.29, 1.82) is 5.26 Å². The second-order valence-electron chi connectivity index (χ2n) is 7.99. The van der Waals surface area contributed by atoms with E-state index in [1.807, 2.05) is 18.2 Å². The third kappa shape index (κ3) is 5.32. The number of rotatable bonds is 5. The Morgan fingerprint density at radius 2 is 1.69 bits per heavy atom. The Morgan fingerprint density at radius 1 is 0.972 bits per heavy atom. The number of fused-ring (bicyclic) bond motifs is 1. The largest absolute Gasteiger partial charge is 0.457 e. The number of urea groups is 1. The predicted molar refractivity (Wildman–Crippen MR) is 133 cm³/mol. The minimum Gasteiger partial charge on any atom is -0.457 e. The maximum atomic E-state index is 13.7. The molecule has 10 heteroatoms. The zero-order valence-electron chi connectivity index (χ0n) is 19.1. The SMILES string of the molecule is N#Cc1ccc(NC(=O)Nc2ccc(Oc3ccc4ncc(N5CCOCC5)nc4c3)cc2)cc1F. The van der Waals surface area contributed by atoms with Crippen LogP contribution < -0.4 is 20.3 Å². The van der Waals surface area contributed by atoms with Crippen LogP contribution in [0.15, 0.2) is 66.9 Å². The summed E-state index contributed by atoms with van der Waals surface area (Å²) in [7, 11) is 0. The number of carbonyl (C=O) groups is 1. The summed E-state index contributed by atoms with van der Waals surface area (Å²) in [5.74, 6) is 1.29. The fourth-order valence-electron chi connectivity index (χ4n) is 3.71. The van der Waals surface area contributed by atoms with Crippen LogP contribution in [0.3, 0.4) is 0 Å². The molecule has 4 aromatic rings. The third-order valence-electron chi connectivity index (χ3n) is 5.53. The van der Waals surface area contributed by atoms with E-state index in [2.05, 4.69) is 20.5 Å². The molecule has 0 spiro atoms. The van der Waals surface area contributed by atoms with Gasteiger partial charge in [0, 0.05) is 30.5 Å². The molecule has 36 heavy (non-hydrogen) atoms. The first-order chi connectivity index (χ1) is 17.6. The average Bonchev–Trinajstić information content (AvgIpc) is 2.90. The van der Waals surface area contributed by atoms with E-state index in [1.54, 1.807) is 36.5 Å². The molecule has 0 aliphatic carbocycles. The normalized spacial score (nSPS) is 13.2. The summed E-state index contributed by atoms with van der Waals surface area (Å²) in [4.78, 5) is 23.6. The molecule has 0 atom stereocenters. The van der Waals surface area contributed by atoms with Crippen LogP contribution in [0.5, 0.6) is 11.5 Å². The molecule has 0 bridgehead atoms. The summed E-state index contributed by atoms with van der Waals surface area (Å²) >= 11 is 0. The van der Waals surface area contributed by atoms with Crippen molar-refractivity contribution in [2.24, 2.45) is 0 Å². The van der Waals surface area contributed by atoms with E-state index in [-0.39, 0.29) is 11.3 Å². The molecule has 2 N–H and O–H groups in total. The number of hydrogen-bond donors (Lipinski definition) is 2. The molecule has 5 rings (SSSR count). The van der Waals surface area contributed by atoms with E-state index in [1.165, 1.54) is 12.1 Å². The van der Waals surface area contributed by atoms with Crippen molar-refractivity contribution in [3.05, 3.63) is 78.2 Å². The molecule has 180 valence electrons. The Kier molecular flexibility index (Phi) is 6.55. The smallest absolute Gasteiger partial charge is 0.323 e. The molecule has 1 saturated heterocycles. The van der Waals surface area contributed by atoms with Crippen molar-refractivity contribution >= 4 is 34.3 Å². The van der Waals surface area contributed by atoms with E-state index in [0.717, 1.165) is 36.0 Å². The van der Waals surface area contributed by atoms with Gasteiger partial charge in [-0.25, -0.2) is 14.2 Å². The molecule has 0 saturated carbocycles. The van der Waals surface area contributed by atoms with Crippen LogP contribution in [0.25, 0.3) is 11.0 Å². The van der Waals surface area contributed by atoms with Crippen molar-refractivity contribution < 1.29 is 18.7 Å². The number of amides is 2. The van der Waals surface area contributed by atoms with Crippen LogP contribution in [0, 0.1) is 17.1 Å². The lowest BCUT2D eigenvalue weighted by Gasteiger charge is -2.27. The fraction of sp³-hybridized carbons (Fsp3) is 0.154. The molecule has 0 unspecified atom stereocenters. The van der Waals surface area contributed by atoms with Crippen LogP contribution in [0.4, 0.5) is 26.4 Å². The van der Waals surface area contributed by atoms with Gasteiger partial charge in [0.2, 0.25) is 0 Å². The van der Waals surface area contributed by atoms with Gasteiger partial charge in [-0.2, -0.15) is 5.26 Å². The molecule has 0 radical (unpaired) electrons. The Bertz CT molecular complexity index is 1450. The molecule has 1 aromatic heterocycles. The van der Waals surface area contributed by atoms with E-state index in [0.29, 0.717) is 30.4 Å². The van der Waals surface area contributed by atoms with Crippen LogP contribution in [0.1, 0.15) is 5.56 Å². The topological polar surface area (TPSA) is 112 Å². The quantitative estimate of drug-likeness (QED) is 0.414. The number of nitrogens with one attached hydrogen (secondary N) is 2. The standard InChI is InChI=1S/C26H21FN6O3/c27-22-13-19(2-1-17(22)15-28)31-26(34)30-18-3-5-20(6-4-18)36-21-7-8-23-24(14-21)32-25(16-29-23)33-9-11-35-12-10-33/h1-8,13-14,16H,9-12H2,(H2,30,31,34). The third-order valence-corrected chi connectivity index (χ3v) is 5.53. The number of benzene rings is 3. The first-order valence-electron chi connectivity index (χ1n) is 11.2. The minimum absolute atomic E-state index is 0.0902. The average molecular weight is 484 g/mol. The summed E-state index contributed by atoms with van der Waals surface area (Å²) in [5, 5.41) is 14.0. The summed E-state index contributed by atoms with van der Waals surface area (Å²) in [6, 6.07) is 17.4. The zero-order chi connectivity index (χ0) is 24.9. The van der Waals surface area contributed by atoms with Gasteiger partial charge in [0.25, 0.3) is 0 Å². The Morgan fingerprint density at radius 3 is 2.44 bits per heavy atom. The lowest BCUT2D eigenvalue weighted by atomic mass is 10.2. The van der Waals surface area contributed by atoms with Crippen LogP contribution in [-0.4, -0.2) is 42.3 Å². The molecular formula is C26H21FN6O3. The number of aromatic nitrogens is 2. The number of anilines is 3. The van der Waals surface area contributed by atoms with Crippen LogP contribution >= 0.6 is 0 Å². The van der Waals surface area contributed by atoms with Crippen molar-refractivity contribution in [2.75, 3.05) is 41.8 Å². The van der Waals surface area contributed by atoms with Gasteiger partial charge in [-0.1, -0.05) is 0 Å². The van der Waals surface area contributed by atoms with E-state index in [4.69, 9.17) is 19.7 Å². The number of morpholine rings is 1. The minimum atomic E-state index is -0.700. The molecule has 3 aromatic carbocycles. The summed E-state index contributed by atoms with van der Waals surface area (Å²) in [6.07, 6.45) is 1.77. The molecule has 1 aliphatic rings. The molecule has 9 nitrogen and oxygen atoms in total. The number of carbonyl (C=O) groups excluding carboxylic acids is 1. The van der Waals surface area contributed by atoms with Gasteiger partial charge in [0.05, 0.1) is 36.0 Å². The maximum absolute atomic E-state index is 13.7. The van der Waals surface area contributed by atoms with Crippen LogP contribution in [0.2, 0.25) is 0 Å². The molecule has 1 fully saturated rings. The molecule has 2 amide bonds. The predicted octanol–water partition coefficient (Wildman–Crippen LogP) is 4.91. The van der Waals surface area contributed by atoms with Gasteiger partial charge in [-0.3, -0.25) is 4.98 Å². The highest BCUT2D eigenvalue weighted by atomic mass is 19.1. The molecular weight excluding hydrogens is 463 g/mol. The van der Waals surface area contributed by atoms with Crippen molar-refractivity contribution in [3.63, 3.8) is 0 Å². The number of halogens is 1. The number of ether oxygens (including phenoxy) is 2. The van der Waals surface area contributed by atoms with E-state index in [9.17, 15) is 9.18 Å². The number of nitriles is 1. The summed E-state index contributed by atoms with van der Waals surface area (Å²) in [5.41, 5.74) is 2.17. The van der Waals surface area contributed by atoms with Gasteiger partial charge in [-0.05, 0) is 54.6 Å². The lowest BCUT2D eigenvalue weighted by Crippen LogP contribution is -2.36. The van der Waals surface area contributed by atoms with Gasteiger partial charge >= 0.3 is 6.03 Å². The summed E-state index contributed by atoms with van der Waals surface area (Å²) < 4.78 is 25.1. The Labute approximate surface area is 206 Å². The first-order valence-corrected chi connectivity index (χ1v) is 11.2. The first kappa shape index (κ1) is 23.0. The van der Waals surface area contributed by atoms with Crippen LogP contribution in [-0.2, 0) is 4.74 Å². The highest BCUT2D eigenvalue weighted by Crippen LogP contribution is 2.27. The van der Waals surface area contributed by atoms with E-state index < -0.39 is 11.8 Å². The highest BCUT2D eigenvalue weighted by Gasteiger charge is 2.14. The maximum Gasteiger partial charge on any atom is 0.323 e. The number of hydrogen-bond acceptors (Lipinski definition) is 7. The van der Waals surface area contributed by atoms with Crippen molar-refractivity contribution in [1.82, 2.24) is 9.97 Å². The second-order valence-corrected chi connectivity index (χ2v) is 7.99. The Balaban J connectivity index is 1.22. The van der Waals surface area contributed by atoms with Gasteiger partial charge < -0.3 is 25.0 Å². The second kappa shape index (κ2) is 10.2. The fourth-order valence-corrected chi connectivity index (χ4v) is 3.71. The molecule has 2 heterocycles. The monoisotopic (exact) mass is 484 g/mol. The van der Waals surface area contributed by atoms with Gasteiger partial charge in [-0.15, -0.1) is 0 Å². The van der Waals surface area contributed by atoms with E-state index >= 15 is 0 Å². The Hall–Kier alpha value is -4.75.